The van der Waals surface area contributed by atoms with Crippen molar-refractivity contribution in [2.75, 3.05) is 0 Å². The van der Waals surface area contributed by atoms with E-state index in [1.54, 1.807) is 17.1 Å². The third-order valence-corrected chi connectivity index (χ3v) is 3.00. The lowest BCUT2D eigenvalue weighted by molar-refractivity contribution is 0.103. The second kappa shape index (κ2) is 4.14. The van der Waals surface area contributed by atoms with E-state index < -0.39 is 0 Å². The van der Waals surface area contributed by atoms with Gasteiger partial charge < -0.3 is 4.57 Å². The fraction of sp³-hybridized carbons (Fsp3) is 0.0909. The zero-order chi connectivity index (χ0) is 10.8. The van der Waals surface area contributed by atoms with E-state index in [0.717, 1.165) is 3.57 Å². The predicted octanol–water partition coefficient (Wildman–Crippen LogP) is 2.26. The number of carbonyl (C=O) groups excluding carboxylic acids is 1. The van der Waals surface area contributed by atoms with E-state index in [0.29, 0.717) is 11.3 Å². The van der Waals surface area contributed by atoms with Crippen molar-refractivity contribution in [2.24, 2.45) is 7.05 Å². The summed E-state index contributed by atoms with van der Waals surface area (Å²) in [6, 6.07) is 7.50. The molecule has 2 rings (SSSR count). The number of rotatable bonds is 2. The van der Waals surface area contributed by atoms with Crippen LogP contribution in [0.1, 0.15) is 16.1 Å². The van der Waals surface area contributed by atoms with Gasteiger partial charge in [-0.2, -0.15) is 0 Å². The Morgan fingerprint density at radius 3 is 2.73 bits per heavy atom. The Hall–Kier alpha value is -1.17. The Morgan fingerprint density at radius 2 is 2.13 bits per heavy atom. The van der Waals surface area contributed by atoms with Crippen molar-refractivity contribution in [3.63, 3.8) is 0 Å². The van der Waals surface area contributed by atoms with Gasteiger partial charge in [0, 0.05) is 22.4 Å². The topological polar surface area (TPSA) is 34.9 Å². The summed E-state index contributed by atoms with van der Waals surface area (Å²) in [4.78, 5) is 16.0. The standard InChI is InChI=1S/C11H9IN2O/c1-14-6-10(13-7-14)11(15)8-4-2-3-5-9(8)12/h2-7H,1H3. The number of hydrogen-bond acceptors (Lipinski definition) is 2. The number of carbonyl (C=O) groups is 1. The molecule has 0 saturated carbocycles. The summed E-state index contributed by atoms with van der Waals surface area (Å²) in [6.45, 7) is 0. The normalized spacial score (nSPS) is 10.3. The Morgan fingerprint density at radius 1 is 1.40 bits per heavy atom. The van der Waals surface area contributed by atoms with E-state index in [-0.39, 0.29) is 5.78 Å². The number of hydrogen-bond donors (Lipinski definition) is 0. The van der Waals surface area contributed by atoms with Crippen molar-refractivity contribution in [2.45, 2.75) is 0 Å². The molecule has 1 heterocycles. The molecule has 15 heavy (non-hydrogen) atoms. The van der Waals surface area contributed by atoms with E-state index >= 15 is 0 Å². The Bertz CT molecular complexity index is 505. The molecule has 0 fully saturated rings. The molecule has 0 N–H and O–H groups in total. The van der Waals surface area contributed by atoms with Gasteiger partial charge in [0.15, 0.2) is 0 Å². The lowest BCUT2D eigenvalue weighted by Gasteiger charge is -1.99. The number of imidazole rings is 1. The zero-order valence-electron chi connectivity index (χ0n) is 8.14. The minimum Gasteiger partial charge on any atom is -0.340 e. The van der Waals surface area contributed by atoms with Gasteiger partial charge in [-0.1, -0.05) is 12.1 Å². The lowest BCUT2D eigenvalue weighted by Crippen LogP contribution is -2.03. The third kappa shape index (κ3) is 2.09. The summed E-state index contributed by atoms with van der Waals surface area (Å²) in [5.41, 5.74) is 1.19. The molecule has 0 aliphatic carbocycles. The molecule has 4 heteroatoms. The molecule has 0 aliphatic heterocycles. The molecule has 76 valence electrons. The molecular weight excluding hydrogens is 303 g/mol. The smallest absolute Gasteiger partial charge is 0.213 e. The highest BCUT2D eigenvalue weighted by atomic mass is 127. The first-order chi connectivity index (χ1) is 7.18. The second-order valence-electron chi connectivity index (χ2n) is 3.23. The Kier molecular flexibility index (Phi) is 2.86. The molecule has 0 atom stereocenters. The molecule has 0 spiro atoms. The summed E-state index contributed by atoms with van der Waals surface area (Å²) in [7, 11) is 1.85. The summed E-state index contributed by atoms with van der Waals surface area (Å²) in [6.07, 6.45) is 3.36. The van der Waals surface area contributed by atoms with Crippen molar-refractivity contribution >= 4 is 28.4 Å². The van der Waals surface area contributed by atoms with Crippen molar-refractivity contribution in [3.05, 3.63) is 51.6 Å². The molecule has 2 aromatic rings. The van der Waals surface area contributed by atoms with Crippen LogP contribution in [0.3, 0.4) is 0 Å². The lowest BCUT2D eigenvalue weighted by atomic mass is 10.1. The van der Waals surface area contributed by atoms with Crippen LogP contribution in [-0.4, -0.2) is 15.3 Å². The quantitative estimate of drug-likeness (QED) is 0.630. The number of benzene rings is 1. The fourth-order valence-electron chi connectivity index (χ4n) is 1.31. The largest absolute Gasteiger partial charge is 0.340 e. The van der Waals surface area contributed by atoms with E-state index in [1.165, 1.54) is 0 Å². The van der Waals surface area contributed by atoms with Crippen LogP contribution in [0.2, 0.25) is 0 Å². The van der Waals surface area contributed by atoms with Crippen LogP contribution in [0.5, 0.6) is 0 Å². The monoisotopic (exact) mass is 312 g/mol. The van der Waals surface area contributed by atoms with Crippen LogP contribution in [0.25, 0.3) is 0 Å². The van der Waals surface area contributed by atoms with Crippen molar-refractivity contribution in [3.8, 4) is 0 Å². The number of ketones is 1. The maximum Gasteiger partial charge on any atom is 0.213 e. The first kappa shape index (κ1) is 10.4. The summed E-state index contributed by atoms with van der Waals surface area (Å²) in [5, 5.41) is 0. The molecule has 0 saturated heterocycles. The van der Waals surface area contributed by atoms with E-state index in [9.17, 15) is 4.79 Å². The van der Waals surface area contributed by atoms with Gasteiger partial charge in [0.05, 0.1) is 6.33 Å². The van der Waals surface area contributed by atoms with Crippen LogP contribution >= 0.6 is 22.6 Å². The molecule has 1 aromatic carbocycles. The number of aryl methyl sites for hydroxylation is 1. The zero-order valence-corrected chi connectivity index (χ0v) is 10.3. The average Bonchev–Trinajstić information content (AvgIpc) is 2.65. The molecule has 0 bridgehead atoms. The van der Waals surface area contributed by atoms with Crippen LogP contribution in [0.4, 0.5) is 0 Å². The third-order valence-electron chi connectivity index (χ3n) is 2.06. The van der Waals surface area contributed by atoms with Crippen LogP contribution in [-0.2, 0) is 7.05 Å². The molecular formula is C11H9IN2O. The van der Waals surface area contributed by atoms with Crippen LogP contribution < -0.4 is 0 Å². The Labute approximate surface area is 101 Å². The van der Waals surface area contributed by atoms with Gasteiger partial charge in [-0.25, -0.2) is 4.98 Å². The molecule has 3 nitrogen and oxygen atoms in total. The second-order valence-corrected chi connectivity index (χ2v) is 4.40. The van der Waals surface area contributed by atoms with Gasteiger partial charge in [-0.3, -0.25) is 4.79 Å². The van der Waals surface area contributed by atoms with Crippen LogP contribution in [0.15, 0.2) is 36.8 Å². The summed E-state index contributed by atoms with van der Waals surface area (Å²) >= 11 is 2.15. The fourth-order valence-corrected chi connectivity index (χ4v) is 1.95. The predicted molar refractivity (Wildman–Crippen MR) is 65.8 cm³/mol. The molecule has 0 radical (unpaired) electrons. The van der Waals surface area contributed by atoms with Crippen LogP contribution in [0, 0.1) is 3.57 Å². The molecule has 1 aromatic heterocycles. The Balaban J connectivity index is 2.41. The van der Waals surface area contributed by atoms with E-state index in [1.807, 2.05) is 31.3 Å². The SMILES string of the molecule is Cn1cnc(C(=O)c2ccccc2I)c1. The van der Waals surface area contributed by atoms with Crippen molar-refractivity contribution < 1.29 is 4.79 Å². The van der Waals surface area contributed by atoms with Crippen molar-refractivity contribution in [1.82, 2.24) is 9.55 Å². The van der Waals surface area contributed by atoms with Gasteiger partial charge >= 0.3 is 0 Å². The van der Waals surface area contributed by atoms with Gasteiger partial charge in [-0.05, 0) is 34.7 Å². The minimum absolute atomic E-state index is 0.0272. The average molecular weight is 312 g/mol. The van der Waals surface area contributed by atoms with Gasteiger partial charge in [0.1, 0.15) is 5.69 Å². The first-order valence-electron chi connectivity index (χ1n) is 4.45. The number of nitrogens with zero attached hydrogens (tertiary/aromatic N) is 2. The van der Waals surface area contributed by atoms with Crippen molar-refractivity contribution in [1.29, 1.82) is 0 Å². The van der Waals surface area contributed by atoms with Gasteiger partial charge in [0.25, 0.3) is 0 Å². The van der Waals surface area contributed by atoms with E-state index in [2.05, 4.69) is 27.6 Å². The summed E-state index contributed by atoms with van der Waals surface area (Å²) in [5.74, 6) is -0.0272. The minimum atomic E-state index is -0.0272. The maximum absolute atomic E-state index is 12.0. The molecule has 0 aliphatic rings. The number of halogens is 1. The highest BCUT2D eigenvalue weighted by molar-refractivity contribution is 14.1. The van der Waals surface area contributed by atoms with Gasteiger partial charge in [0.2, 0.25) is 5.78 Å². The maximum atomic E-state index is 12.0. The first-order valence-corrected chi connectivity index (χ1v) is 5.53. The van der Waals surface area contributed by atoms with E-state index in [4.69, 9.17) is 0 Å². The highest BCUT2D eigenvalue weighted by Gasteiger charge is 2.13. The molecule has 0 amide bonds. The number of aromatic nitrogens is 2. The van der Waals surface area contributed by atoms with Gasteiger partial charge in [-0.15, -0.1) is 0 Å². The molecule has 0 unspecified atom stereocenters. The summed E-state index contributed by atoms with van der Waals surface area (Å²) < 4.78 is 2.72. The highest BCUT2D eigenvalue weighted by Crippen LogP contribution is 2.15.